The molecule has 60 heavy (non-hydrogen) atoms. The fourth-order valence-corrected chi connectivity index (χ4v) is 7.26. The summed E-state index contributed by atoms with van der Waals surface area (Å²) in [6.45, 7) is 6.49. The molecule has 6 heteroatoms. The zero-order valence-corrected chi connectivity index (χ0v) is 39.7. The van der Waals surface area contributed by atoms with Crippen molar-refractivity contribution in [3.8, 4) is 0 Å². The molecule has 0 heterocycles. The Bertz CT molecular complexity index is 1060. The molecular weight excluding hydrogens is 745 g/mol. The molecule has 0 aliphatic rings. The molecule has 1 unspecified atom stereocenters. The van der Waals surface area contributed by atoms with E-state index in [1.807, 2.05) is 0 Å². The van der Waals surface area contributed by atoms with Crippen molar-refractivity contribution in [1.82, 2.24) is 0 Å². The van der Waals surface area contributed by atoms with Crippen LogP contribution in [0.5, 0.6) is 0 Å². The number of carbonyl (C=O) groups excluding carboxylic acids is 3. The normalized spacial score (nSPS) is 12.4. The maximum absolute atomic E-state index is 12.8. The first kappa shape index (κ1) is 57.4. The lowest BCUT2D eigenvalue weighted by Crippen LogP contribution is -2.30. The number of allylic oxidation sites excluding steroid dienone is 8. The summed E-state index contributed by atoms with van der Waals surface area (Å²) in [6.07, 6.45) is 58.0. The number of unbranched alkanes of at least 4 members (excludes halogenated alkanes) is 29. The van der Waals surface area contributed by atoms with Crippen LogP contribution in [0.2, 0.25) is 0 Å². The molecule has 0 saturated carbocycles. The number of hydrogen-bond donors (Lipinski definition) is 0. The standard InChI is InChI=1S/C54H96O6/c1-4-7-10-13-16-19-22-24-26-28-29-32-35-38-41-44-47-53(56)59-50-51(49-58-52(55)46-43-40-37-34-31-21-18-15-12-9-6-3)60-54(57)48-45-42-39-36-33-30-27-25-23-20-17-14-11-8-5-2/h8,11,14,17,20,23,26,28,51H,4-7,9-10,12-13,15-16,18-19,21-22,24-25,27,29-50H2,1-3H3/b11-8-,17-14-,23-20-,28-26-. The van der Waals surface area contributed by atoms with Crippen LogP contribution in [0.3, 0.4) is 0 Å². The van der Waals surface area contributed by atoms with Gasteiger partial charge in [0.1, 0.15) is 13.2 Å². The van der Waals surface area contributed by atoms with Crippen LogP contribution in [0.4, 0.5) is 0 Å². The third kappa shape index (κ3) is 46.4. The summed E-state index contributed by atoms with van der Waals surface area (Å²) >= 11 is 0. The van der Waals surface area contributed by atoms with E-state index in [1.54, 1.807) is 0 Å². The molecule has 0 aliphatic heterocycles. The van der Waals surface area contributed by atoms with Crippen LogP contribution in [-0.4, -0.2) is 37.2 Å². The Labute approximate surface area is 371 Å². The molecule has 0 N–H and O–H groups in total. The molecule has 0 aromatic carbocycles. The van der Waals surface area contributed by atoms with Crippen molar-refractivity contribution in [2.24, 2.45) is 0 Å². The van der Waals surface area contributed by atoms with Gasteiger partial charge in [0.15, 0.2) is 6.10 Å². The van der Waals surface area contributed by atoms with E-state index in [2.05, 4.69) is 69.4 Å². The highest BCUT2D eigenvalue weighted by Gasteiger charge is 2.19. The monoisotopic (exact) mass is 841 g/mol. The summed E-state index contributed by atoms with van der Waals surface area (Å²) in [7, 11) is 0. The van der Waals surface area contributed by atoms with E-state index < -0.39 is 6.10 Å². The number of hydrogen-bond acceptors (Lipinski definition) is 6. The van der Waals surface area contributed by atoms with Gasteiger partial charge in [0, 0.05) is 19.3 Å². The zero-order valence-electron chi connectivity index (χ0n) is 39.7. The predicted molar refractivity (Wildman–Crippen MR) is 256 cm³/mol. The number of esters is 3. The van der Waals surface area contributed by atoms with E-state index in [0.29, 0.717) is 19.3 Å². The van der Waals surface area contributed by atoms with Crippen LogP contribution in [0.25, 0.3) is 0 Å². The van der Waals surface area contributed by atoms with Gasteiger partial charge in [0.05, 0.1) is 0 Å². The first-order valence-corrected chi connectivity index (χ1v) is 25.7. The van der Waals surface area contributed by atoms with Crippen molar-refractivity contribution >= 4 is 17.9 Å². The summed E-state index contributed by atoms with van der Waals surface area (Å²) in [6, 6.07) is 0. The second kappa shape index (κ2) is 49.0. The smallest absolute Gasteiger partial charge is 0.306 e. The SMILES string of the molecule is CC\C=C/C=C\C=C/CCCCCCCCCC(=O)OC(COC(=O)CCCCCCC/C=C\CCCCCCCCC)COC(=O)CCCCCCCCCCCCC. The molecule has 0 fully saturated rings. The van der Waals surface area contributed by atoms with Gasteiger partial charge >= 0.3 is 17.9 Å². The third-order valence-electron chi connectivity index (χ3n) is 11.1. The maximum atomic E-state index is 12.8. The van der Waals surface area contributed by atoms with E-state index in [9.17, 15) is 14.4 Å². The van der Waals surface area contributed by atoms with Crippen LogP contribution in [0, 0.1) is 0 Å². The van der Waals surface area contributed by atoms with E-state index in [4.69, 9.17) is 14.2 Å². The second-order valence-corrected chi connectivity index (χ2v) is 17.1. The largest absolute Gasteiger partial charge is 0.462 e. The molecule has 348 valence electrons. The van der Waals surface area contributed by atoms with Gasteiger partial charge < -0.3 is 14.2 Å². The Morgan fingerprint density at radius 2 is 0.667 bits per heavy atom. The number of rotatable bonds is 46. The molecule has 0 amide bonds. The third-order valence-corrected chi connectivity index (χ3v) is 11.1. The molecule has 0 bridgehead atoms. The van der Waals surface area contributed by atoms with Gasteiger partial charge in [-0.25, -0.2) is 0 Å². The minimum Gasteiger partial charge on any atom is -0.462 e. The second-order valence-electron chi connectivity index (χ2n) is 17.1. The van der Waals surface area contributed by atoms with Gasteiger partial charge in [-0.05, 0) is 64.2 Å². The van der Waals surface area contributed by atoms with Crippen molar-refractivity contribution in [2.75, 3.05) is 13.2 Å². The lowest BCUT2D eigenvalue weighted by molar-refractivity contribution is -0.167. The molecule has 1 atom stereocenters. The molecule has 0 spiro atoms. The Balaban J connectivity index is 4.37. The summed E-state index contributed by atoms with van der Waals surface area (Å²) in [5.74, 6) is -0.893. The lowest BCUT2D eigenvalue weighted by Gasteiger charge is -2.18. The van der Waals surface area contributed by atoms with Crippen LogP contribution in [0.1, 0.15) is 258 Å². The minimum atomic E-state index is -0.779. The van der Waals surface area contributed by atoms with Crippen molar-refractivity contribution < 1.29 is 28.6 Å². The van der Waals surface area contributed by atoms with Crippen molar-refractivity contribution in [3.63, 3.8) is 0 Å². The minimum absolute atomic E-state index is 0.0786. The van der Waals surface area contributed by atoms with Crippen LogP contribution in [-0.2, 0) is 28.6 Å². The van der Waals surface area contributed by atoms with E-state index in [-0.39, 0.29) is 31.1 Å². The van der Waals surface area contributed by atoms with E-state index >= 15 is 0 Å². The fourth-order valence-electron chi connectivity index (χ4n) is 7.26. The summed E-state index contributed by atoms with van der Waals surface area (Å²) in [5, 5.41) is 0. The zero-order chi connectivity index (χ0) is 43.7. The molecule has 6 nitrogen and oxygen atoms in total. The first-order chi connectivity index (χ1) is 29.5. The Morgan fingerprint density at radius 3 is 1.05 bits per heavy atom. The Kier molecular flexibility index (Phi) is 46.9. The number of ether oxygens (including phenoxy) is 3. The van der Waals surface area contributed by atoms with Crippen LogP contribution < -0.4 is 0 Å². The topological polar surface area (TPSA) is 78.9 Å². The molecule has 0 aromatic rings. The average Bonchev–Trinajstić information content (AvgIpc) is 3.24. The molecule has 0 radical (unpaired) electrons. The fraction of sp³-hybridized carbons (Fsp3) is 0.796. The quantitative estimate of drug-likeness (QED) is 0.0200. The van der Waals surface area contributed by atoms with Crippen LogP contribution >= 0.6 is 0 Å². The molecule has 0 aromatic heterocycles. The average molecular weight is 841 g/mol. The lowest BCUT2D eigenvalue weighted by atomic mass is 10.1. The van der Waals surface area contributed by atoms with Gasteiger partial charge in [-0.15, -0.1) is 0 Å². The highest BCUT2D eigenvalue weighted by Crippen LogP contribution is 2.15. The van der Waals surface area contributed by atoms with Gasteiger partial charge in [0.2, 0.25) is 0 Å². The Hall–Kier alpha value is -2.63. The predicted octanol–water partition coefficient (Wildman–Crippen LogP) is 16.7. The highest BCUT2D eigenvalue weighted by molar-refractivity contribution is 5.71. The molecule has 0 rings (SSSR count). The van der Waals surface area contributed by atoms with Crippen LogP contribution in [0.15, 0.2) is 48.6 Å². The maximum Gasteiger partial charge on any atom is 0.306 e. The van der Waals surface area contributed by atoms with Gasteiger partial charge in [-0.1, -0.05) is 223 Å². The molecular formula is C54H96O6. The molecule has 0 aliphatic carbocycles. The van der Waals surface area contributed by atoms with Gasteiger partial charge in [-0.2, -0.15) is 0 Å². The van der Waals surface area contributed by atoms with Crippen molar-refractivity contribution in [2.45, 2.75) is 264 Å². The van der Waals surface area contributed by atoms with Crippen molar-refractivity contribution in [3.05, 3.63) is 48.6 Å². The first-order valence-electron chi connectivity index (χ1n) is 25.7. The highest BCUT2D eigenvalue weighted by atomic mass is 16.6. The van der Waals surface area contributed by atoms with Crippen molar-refractivity contribution in [1.29, 1.82) is 0 Å². The van der Waals surface area contributed by atoms with E-state index in [1.165, 1.54) is 141 Å². The van der Waals surface area contributed by atoms with Gasteiger partial charge in [0.25, 0.3) is 0 Å². The summed E-state index contributed by atoms with van der Waals surface area (Å²) in [4.78, 5) is 37.9. The van der Waals surface area contributed by atoms with Gasteiger partial charge in [-0.3, -0.25) is 14.4 Å². The summed E-state index contributed by atoms with van der Waals surface area (Å²) in [5.41, 5.74) is 0. The molecule has 0 saturated heterocycles. The summed E-state index contributed by atoms with van der Waals surface area (Å²) < 4.78 is 16.8. The van der Waals surface area contributed by atoms with E-state index in [0.717, 1.165) is 77.0 Å². The number of carbonyl (C=O) groups is 3. The Morgan fingerprint density at radius 1 is 0.350 bits per heavy atom.